The summed E-state index contributed by atoms with van der Waals surface area (Å²) in [5.41, 5.74) is 1.70. The van der Waals surface area contributed by atoms with Crippen molar-refractivity contribution in [1.29, 1.82) is 0 Å². The number of aliphatic carboxylic acids is 1. The van der Waals surface area contributed by atoms with E-state index in [9.17, 15) is 23.1 Å². The number of hydrazine groups is 1. The topological polar surface area (TPSA) is 113 Å². The van der Waals surface area contributed by atoms with Crippen LogP contribution in [0.1, 0.15) is 26.2 Å². The maximum atomic E-state index is 13.2. The summed E-state index contributed by atoms with van der Waals surface area (Å²) in [5, 5.41) is 10.4. The first-order chi connectivity index (χ1) is 17.2. The van der Waals surface area contributed by atoms with E-state index in [-0.39, 0.29) is 11.3 Å². The zero-order valence-electron chi connectivity index (χ0n) is 19.6. The number of carboxylic acid groups (broad SMARTS) is 1. The highest BCUT2D eigenvalue weighted by Crippen LogP contribution is 2.23. The van der Waals surface area contributed by atoms with Gasteiger partial charge in [0.25, 0.3) is 15.9 Å². The van der Waals surface area contributed by atoms with Crippen molar-refractivity contribution in [2.24, 2.45) is 0 Å². The van der Waals surface area contributed by atoms with E-state index in [2.05, 4.69) is 20.8 Å². The van der Waals surface area contributed by atoms with Crippen molar-refractivity contribution in [1.82, 2.24) is 9.84 Å². The third-order valence-electron chi connectivity index (χ3n) is 5.36. The molecule has 36 heavy (non-hydrogen) atoms. The minimum Gasteiger partial charge on any atom is -0.484 e. The number of carbonyl (C=O) groups excluding carboxylic acids is 1. The van der Waals surface area contributed by atoms with Crippen molar-refractivity contribution >= 4 is 37.8 Å². The number of rotatable bonds is 12. The Morgan fingerprint density at radius 1 is 0.972 bits per heavy atom. The number of carboxylic acids is 1. The maximum Gasteiger partial charge on any atom is 0.328 e. The van der Waals surface area contributed by atoms with Crippen molar-refractivity contribution in [2.45, 2.75) is 37.1 Å². The third-order valence-corrected chi connectivity index (χ3v) is 7.22. The molecule has 1 atom stereocenters. The van der Waals surface area contributed by atoms with E-state index in [0.29, 0.717) is 23.6 Å². The maximum absolute atomic E-state index is 13.2. The van der Waals surface area contributed by atoms with Gasteiger partial charge in [-0.2, -0.15) is 0 Å². The second-order valence-electron chi connectivity index (χ2n) is 7.99. The van der Waals surface area contributed by atoms with Crippen LogP contribution in [-0.4, -0.2) is 43.1 Å². The monoisotopic (exact) mass is 574 g/mol. The molecule has 3 rings (SSSR count). The first kappa shape index (κ1) is 27.4. The standard InChI is InChI=1S/C26H27BrN2O6S/c1-2-3-9-24(26(31)32)29(25(30)18-35-22-7-5-4-6-8-22)28-36(33,34)23-16-12-20(13-17-23)19-10-14-21(27)15-11-19/h4-8,10-17,24,28H,2-3,9,18H2,1H3,(H,31,32). The molecule has 0 heterocycles. The molecule has 0 saturated heterocycles. The van der Waals surface area contributed by atoms with E-state index in [0.717, 1.165) is 15.6 Å². The van der Waals surface area contributed by atoms with Crippen molar-refractivity contribution in [3.05, 3.63) is 83.3 Å². The van der Waals surface area contributed by atoms with Gasteiger partial charge in [-0.15, -0.1) is 4.83 Å². The lowest BCUT2D eigenvalue weighted by molar-refractivity contribution is -0.153. The molecule has 0 fully saturated rings. The van der Waals surface area contributed by atoms with E-state index in [4.69, 9.17) is 4.74 Å². The fourth-order valence-electron chi connectivity index (χ4n) is 3.43. The van der Waals surface area contributed by atoms with Crippen molar-refractivity contribution in [3.63, 3.8) is 0 Å². The minimum absolute atomic E-state index is 0.0773. The lowest BCUT2D eigenvalue weighted by atomic mass is 10.1. The van der Waals surface area contributed by atoms with Crippen LogP contribution in [0.15, 0.2) is 88.2 Å². The van der Waals surface area contributed by atoms with Crippen LogP contribution >= 0.6 is 15.9 Å². The Morgan fingerprint density at radius 3 is 2.11 bits per heavy atom. The van der Waals surface area contributed by atoms with E-state index >= 15 is 0 Å². The Bertz CT molecular complexity index is 1270. The molecule has 3 aromatic carbocycles. The number of para-hydroxylation sites is 1. The summed E-state index contributed by atoms with van der Waals surface area (Å²) in [7, 11) is -4.27. The van der Waals surface area contributed by atoms with Gasteiger partial charge in [-0.3, -0.25) is 4.79 Å². The third kappa shape index (κ3) is 7.39. The number of hydrogen-bond donors (Lipinski definition) is 2. The summed E-state index contributed by atoms with van der Waals surface area (Å²) in [6.45, 7) is 1.34. The SMILES string of the molecule is CCCCC(C(=O)O)N(NS(=O)(=O)c1ccc(-c2ccc(Br)cc2)cc1)C(=O)COc1ccccc1. The Hall–Kier alpha value is -3.21. The minimum atomic E-state index is -4.27. The summed E-state index contributed by atoms with van der Waals surface area (Å²) in [5.74, 6) is -1.74. The summed E-state index contributed by atoms with van der Waals surface area (Å²) in [6.07, 6.45) is 1.24. The van der Waals surface area contributed by atoms with Gasteiger partial charge in [-0.1, -0.05) is 78.2 Å². The molecular formula is C26H27BrN2O6S. The van der Waals surface area contributed by atoms with Gasteiger partial charge >= 0.3 is 5.97 Å². The van der Waals surface area contributed by atoms with E-state index in [1.807, 2.05) is 31.2 Å². The number of hydrogen-bond acceptors (Lipinski definition) is 5. The van der Waals surface area contributed by atoms with Crippen LogP contribution in [0.3, 0.4) is 0 Å². The molecule has 10 heteroatoms. The fraction of sp³-hybridized carbons (Fsp3) is 0.231. The molecular weight excluding hydrogens is 548 g/mol. The Balaban J connectivity index is 1.84. The first-order valence-electron chi connectivity index (χ1n) is 11.3. The first-order valence-corrected chi connectivity index (χ1v) is 13.6. The predicted molar refractivity (Wildman–Crippen MR) is 140 cm³/mol. The Kier molecular flexibility index (Phi) is 9.63. The molecule has 0 aliphatic rings. The number of benzene rings is 3. The second kappa shape index (κ2) is 12.7. The molecule has 0 aromatic heterocycles. The van der Waals surface area contributed by atoms with E-state index in [1.165, 1.54) is 12.1 Å². The summed E-state index contributed by atoms with van der Waals surface area (Å²) >= 11 is 3.38. The summed E-state index contributed by atoms with van der Waals surface area (Å²) in [4.78, 5) is 27.1. The molecule has 1 unspecified atom stereocenters. The highest BCUT2D eigenvalue weighted by atomic mass is 79.9. The van der Waals surface area contributed by atoms with Crippen LogP contribution in [0, 0.1) is 0 Å². The highest BCUT2D eigenvalue weighted by molar-refractivity contribution is 9.10. The van der Waals surface area contributed by atoms with Gasteiger partial charge in [-0.05, 0) is 53.9 Å². The molecule has 3 aromatic rings. The molecule has 8 nitrogen and oxygen atoms in total. The van der Waals surface area contributed by atoms with E-state index in [1.54, 1.807) is 42.5 Å². The number of unbranched alkanes of at least 4 members (excludes halogenated alkanes) is 1. The number of amides is 1. The number of nitrogens with zero attached hydrogens (tertiary/aromatic N) is 1. The molecule has 0 bridgehead atoms. The van der Waals surface area contributed by atoms with Crippen molar-refractivity contribution in [2.75, 3.05) is 6.61 Å². The van der Waals surface area contributed by atoms with E-state index < -0.39 is 34.5 Å². The zero-order chi connectivity index (χ0) is 26.1. The lowest BCUT2D eigenvalue weighted by Crippen LogP contribution is -2.56. The lowest BCUT2D eigenvalue weighted by Gasteiger charge is -2.29. The fourth-order valence-corrected chi connectivity index (χ4v) is 4.78. The van der Waals surface area contributed by atoms with Gasteiger partial charge < -0.3 is 9.84 Å². The number of ether oxygens (including phenoxy) is 1. The molecule has 0 radical (unpaired) electrons. The smallest absolute Gasteiger partial charge is 0.328 e. The Labute approximate surface area is 219 Å². The van der Waals surface area contributed by atoms with Gasteiger partial charge in [0.2, 0.25) is 0 Å². The predicted octanol–water partition coefficient (Wildman–Crippen LogP) is 4.86. The number of halogens is 1. The molecule has 2 N–H and O–H groups in total. The van der Waals surface area contributed by atoms with Crippen LogP contribution in [0.2, 0.25) is 0 Å². The largest absolute Gasteiger partial charge is 0.484 e. The van der Waals surface area contributed by atoms with Crippen molar-refractivity contribution < 1.29 is 27.9 Å². The molecule has 0 spiro atoms. The van der Waals surface area contributed by atoms with Gasteiger partial charge in [0, 0.05) is 4.47 Å². The van der Waals surface area contributed by atoms with Gasteiger partial charge in [0.15, 0.2) is 6.61 Å². The summed E-state index contributed by atoms with van der Waals surface area (Å²) in [6, 6.07) is 20.8. The number of carbonyl (C=O) groups is 2. The molecule has 190 valence electrons. The van der Waals surface area contributed by atoms with Crippen LogP contribution in [-0.2, 0) is 19.6 Å². The average Bonchev–Trinajstić information content (AvgIpc) is 2.87. The zero-order valence-corrected chi connectivity index (χ0v) is 22.0. The van der Waals surface area contributed by atoms with Crippen LogP contribution in [0.5, 0.6) is 5.75 Å². The average molecular weight is 575 g/mol. The van der Waals surface area contributed by atoms with Crippen LogP contribution < -0.4 is 9.57 Å². The quantitative estimate of drug-likeness (QED) is 0.299. The number of nitrogens with one attached hydrogen (secondary N) is 1. The van der Waals surface area contributed by atoms with Crippen LogP contribution in [0.4, 0.5) is 0 Å². The van der Waals surface area contributed by atoms with Crippen molar-refractivity contribution in [3.8, 4) is 16.9 Å². The summed E-state index contributed by atoms with van der Waals surface area (Å²) < 4.78 is 32.7. The highest BCUT2D eigenvalue weighted by Gasteiger charge is 2.33. The number of sulfonamides is 1. The molecule has 0 saturated carbocycles. The van der Waals surface area contributed by atoms with Gasteiger partial charge in [0.1, 0.15) is 11.8 Å². The molecule has 0 aliphatic carbocycles. The normalized spacial score (nSPS) is 12.1. The Morgan fingerprint density at radius 2 is 1.56 bits per heavy atom. The molecule has 0 aliphatic heterocycles. The molecule has 1 amide bonds. The van der Waals surface area contributed by atoms with Gasteiger partial charge in [-0.25, -0.2) is 18.2 Å². The second-order valence-corrected chi connectivity index (χ2v) is 10.6. The van der Waals surface area contributed by atoms with Crippen LogP contribution in [0.25, 0.3) is 11.1 Å². The van der Waals surface area contributed by atoms with Gasteiger partial charge in [0.05, 0.1) is 4.90 Å².